The molecule has 1 aromatic heterocycles. The van der Waals surface area contributed by atoms with Crippen molar-refractivity contribution in [2.45, 2.75) is 103 Å². The van der Waals surface area contributed by atoms with Gasteiger partial charge < -0.3 is 9.30 Å². The second-order valence-electron chi connectivity index (χ2n) is 10.4. The molecule has 5 heteroatoms. The summed E-state index contributed by atoms with van der Waals surface area (Å²) in [4.78, 5) is 13.1. The normalized spacial score (nSPS) is 17.9. The molecule has 0 amide bonds. The summed E-state index contributed by atoms with van der Waals surface area (Å²) < 4.78 is 7.82. The topological polar surface area (TPSA) is 57.0 Å². The maximum absolute atomic E-state index is 13.1. The number of carbonyl (C=O) groups is 1. The smallest absolute Gasteiger partial charge is 0.138 e. The monoisotopic (exact) mass is 451 g/mol. The van der Waals surface area contributed by atoms with Crippen LogP contribution in [-0.2, 0) is 22.4 Å². The van der Waals surface area contributed by atoms with Crippen LogP contribution in [0.15, 0.2) is 18.2 Å². The first-order chi connectivity index (χ1) is 16.0. The molecule has 1 aromatic carbocycles. The Labute approximate surface area is 199 Å². The molecule has 0 saturated heterocycles. The van der Waals surface area contributed by atoms with E-state index in [1.165, 1.54) is 62.5 Å². The molecule has 1 atom stereocenters. The van der Waals surface area contributed by atoms with Gasteiger partial charge in [-0.05, 0) is 56.6 Å². The summed E-state index contributed by atoms with van der Waals surface area (Å²) in [6.07, 6.45) is 13.3. The van der Waals surface area contributed by atoms with Gasteiger partial charge in [-0.3, -0.25) is 4.79 Å². The largest absolute Gasteiger partial charge is 0.385 e. The Hall–Kier alpha value is -2.01. The minimum atomic E-state index is 0.0692. The fourth-order valence-electron chi connectivity index (χ4n) is 5.51. The predicted molar refractivity (Wildman–Crippen MR) is 132 cm³/mol. The molecule has 0 spiro atoms. The highest BCUT2D eigenvalue weighted by molar-refractivity contribution is 5.82. The van der Waals surface area contributed by atoms with Gasteiger partial charge in [-0.15, -0.1) is 10.2 Å². The number of benzene rings is 1. The van der Waals surface area contributed by atoms with Crippen molar-refractivity contribution < 1.29 is 9.53 Å². The summed E-state index contributed by atoms with van der Waals surface area (Å²) in [6.45, 7) is 4.83. The van der Waals surface area contributed by atoms with Crippen molar-refractivity contribution in [1.29, 1.82) is 0 Å². The Morgan fingerprint density at radius 3 is 2.61 bits per heavy atom. The Morgan fingerprint density at radius 2 is 1.91 bits per heavy atom. The summed E-state index contributed by atoms with van der Waals surface area (Å²) in [5, 5.41) is 9.36. The van der Waals surface area contributed by atoms with Gasteiger partial charge in [0.15, 0.2) is 0 Å². The van der Waals surface area contributed by atoms with Crippen molar-refractivity contribution in [3.05, 3.63) is 46.5 Å². The van der Waals surface area contributed by atoms with Gasteiger partial charge in [0, 0.05) is 44.9 Å². The maximum Gasteiger partial charge on any atom is 0.138 e. The molecule has 0 bridgehead atoms. The Bertz CT molecular complexity index is 925. The molecule has 2 aromatic rings. The van der Waals surface area contributed by atoms with Gasteiger partial charge in [-0.25, -0.2) is 0 Å². The first kappa shape index (κ1) is 24.1. The van der Waals surface area contributed by atoms with Gasteiger partial charge in [-0.2, -0.15) is 0 Å². The van der Waals surface area contributed by atoms with Gasteiger partial charge in [-0.1, -0.05) is 55.9 Å². The number of ether oxygens (including phenoxy) is 1. The van der Waals surface area contributed by atoms with E-state index >= 15 is 0 Å². The molecule has 1 heterocycles. The highest BCUT2D eigenvalue weighted by atomic mass is 16.5. The number of rotatable bonds is 12. The highest BCUT2D eigenvalue weighted by Gasteiger charge is 2.33. The van der Waals surface area contributed by atoms with Crippen molar-refractivity contribution in [2.24, 2.45) is 5.92 Å². The number of methoxy groups -OCH3 is 1. The molecule has 1 unspecified atom stereocenters. The molecule has 2 fully saturated rings. The van der Waals surface area contributed by atoms with E-state index in [9.17, 15) is 4.79 Å². The molecule has 4 rings (SSSR count). The van der Waals surface area contributed by atoms with Crippen molar-refractivity contribution in [3.8, 4) is 0 Å². The number of hydrogen-bond donors (Lipinski definition) is 0. The zero-order chi connectivity index (χ0) is 23.2. The van der Waals surface area contributed by atoms with Crippen LogP contribution in [0.3, 0.4) is 0 Å². The molecule has 180 valence electrons. The van der Waals surface area contributed by atoms with Crippen molar-refractivity contribution in [3.63, 3.8) is 0 Å². The van der Waals surface area contributed by atoms with Crippen LogP contribution in [0, 0.1) is 19.8 Å². The molecular weight excluding hydrogens is 410 g/mol. The summed E-state index contributed by atoms with van der Waals surface area (Å²) in [5.41, 5.74) is 3.57. The van der Waals surface area contributed by atoms with E-state index in [2.05, 4.69) is 46.8 Å². The maximum atomic E-state index is 13.1. The van der Waals surface area contributed by atoms with Crippen molar-refractivity contribution >= 4 is 5.78 Å². The molecule has 2 aliphatic carbocycles. The number of aryl methyl sites for hydroxylation is 3. The van der Waals surface area contributed by atoms with E-state index in [1.807, 2.05) is 0 Å². The van der Waals surface area contributed by atoms with Crippen LogP contribution in [0.2, 0.25) is 0 Å². The Morgan fingerprint density at radius 1 is 1.12 bits per heavy atom. The standard InChI is InChI=1S/C28H41N3O2/c1-20-9-11-23(21(2)17-20)18-26(32)19-24(15-16-33-3)28-30-29-27(31(28)25-12-13-25)14-10-22-7-5-4-6-8-22/h9,11,17,22,24-25H,4-8,10,12-16,18-19H2,1-3H3. The quantitative estimate of drug-likeness (QED) is 0.393. The number of carbonyl (C=O) groups excluding carboxylic acids is 1. The van der Waals surface area contributed by atoms with Crippen LogP contribution in [0.4, 0.5) is 0 Å². The van der Waals surface area contributed by atoms with Gasteiger partial charge >= 0.3 is 0 Å². The summed E-state index contributed by atoms with van der Waals surface area (Å²) in [6, 6.07) is 6.88. The fraction of sp³-hybridized carbons (Fsp3) is 0.679. The van der Waals surface area contributed by atoms with Gasteiger partial charge in [0.25, 0.3) is 0 Å². The fourth-order valence-corrected chi connectivity index (χ4v) is 5.51. The van der Waals surface area contributed by atoms with E-state index in [-0.39, 0.29) is 11.7 Å². The first-order valence-electron chi connectivity index (χ1n) is 13.1. The predicted octanol–water partition coefficient (Wildman–Crippen LogP) is 6.06. The minimum absolute atomic E-state index is 0.0692. The molecular formula is C28H41N3O2. The average molecular weight is 452 g/mol. The zero-order valence-corrected chi connectivity index (χ0v) is 20.8. The van der Waals surface area contributed by atoms with E-state index < -0.39 is 0 Å². The number of ketones is 1. The lowest BCUT2D eigenvalue weighted by atomic mass is 9.86. The van der Waals surface area contributed by atoms with E-state index in [4.69, 9.17) is 4.74 Å². The van der Waals surface area contributed by atoms with Gasteiger partial charge in [0.2, 0.25) is 0 Å². The molecule has 0 N–H and O–H groups in total. The van der Waals surface area contributed by atoms with Crippen LogP contribution in [0.25, 0.3) is 0 Å². The third kappa shape index (κ3) is 6.53. The molecule has 2 saturated carbocycles. The highest BCUT2D eigenvalue weighted by Crippen LogP contribution is 2.40. The van der Waals surface area contributed by atoms with Crippen molar-refractivity contribution in [1.82, 2.24) is 14.8 Å². The number of Topliss-reactive ketones (excluding diaryl/α,β-unsaturated/α-hetero) is 1. The molecule has 0 aliphatic heterocycles. The lowest BCUT2D eigenvalue weighted by Gasteiger charge is -2.22. The summed E-state index contributed by atoms with van der Waals surface area (Å²) in [7, 11) is 1.73. The van der Waals surface area contributed by atoms with Crippen LogP contribution >= 0.6 is 0 Å². The van der Waals surface area contributed by atoms with Crippen LogP contribution in [0.5, 0.6) is 0 Å². The van der Waals surface area contributed by atoms with E-state index in [1.54, 1.807) is 7.11 Å². The summed E-state index contributed by atoms with van der Waals surface area (Å²) in [5.74, 6) is 3.34. The zero-order valence-electron chi connectivity index (χ0n) is 20.8. The van der Waals surface area contributed by atoms with Gasteiger partial charge in [0.05, 0.1) is 0 Å². The average Bonchev–Trinajstić information content (AvgIpc) is 3.56. The molecule has 33 heavy (non-hydrogen) atoms. The number of aromatic nitrogens is 3. The summed E-state index contributed by atoms with van der Waals surface area (Å²) >= 11 is 0. The van der Waals surface area contributed by atoms with Crippen LogP contribution in [-0.4, -0.2) is 34.3 Å². The van der Waals surface area contributed by atoms with Crippen molar-refractivity contribution in [2.75, 3.05) is 13.7 Å². The minimum Gasteiger partial charge on any atom is -0.385 e. The molecule has 2 aliphatic rings. The Balaban J connectivity index is 1.47. The van der Waals surface area contributed by atoms with E-state index in [0.29, 0.717) is 25.5 Å². The third-order valence-electron chi connectivity index (χ3n) is 7.60. The number of hydrogen-bond acceptors (Lipinski definition) is 4. The van der Waals surface area contributed by atoms with E-state index in [0.717, 1.165) is 36.0 Å². The number of nitrogens with zero attached hydrogens (tertiary/aromatic N) is 3. The lowest BCUT2D eigenvalue weighted by Crippen LogP contribution is -2.17. The molecule has 5 nitrogen and oxygen atoms in total. The second kappa shape index (κ2) is 11.4. The lowest BCUT2D eigenvalue weighted by molar-refractivity contribution is -0.119. The SMILES string of the molecule is COCCC(CC(=O)Cc1ccc(C)cc1C)c1nnc(CCC2CCCCC2)n1C1CC1. The van der Waals surface area contributed by atoms with Crippen LogP contribution in [0.1, 0.15) is 105 Å². The second-order valence-corrected chi connectivity index (χ2v) is 10.4. The van der Waals surface area contributed by atoms with Crippen LogP contribution < -0.4 is 0 Å². The third-order valence-corrected chi connectivity index (χ3v) is 7.60. The Kier molecular flexibility index (Phi) is 8.34. The van der Waals surface area contributed by atoms with Gasteiger partial charge in [0.1, 0.15) is 17.4 Å². The first-order valence-corrected chi connectivity index (χ1v) is 13.1. The molecule has 0 radical (unpaired) electrons.